The predicted molar refractivity (Wildman–Crippen MR) is 181 cm³/mol. The van der Waals surface area contributed by atoms with Crippen LogP contribution in [0.5, 0.6) is 0 Å². The molecule has 3 heterocycles. The number of anilines is 1. The number of nitrogens with zero attached hydrogens (tertiary/aromatic N) is 4. The average molecular weight is 597 g/mol. The Balaban J connectivity index is 1.34. The summed E-state index contributed by atoms with van der Waals surface area (Å²) >= 11 is 0. The van der Waals surface area contributed by atoms with Crippen LogP contribution in [0, 0.1) is 5.92 Å². The van der Waals surface area contributed by atoms with Crippen LogP contribution in [-0.4, -0.2) is 58.4 Å². The number of piperazine rings is 1. The summed E-state index contributed by atoms with van der Waals surface area (Å²) in [6.07, 6.45) is 0.597. The van der Waals surface area contributed by atoms with Gasteiger partial charge in [-0.2, -0.15) is 0 Å². The van der Waals surface area contributed by atoms with Gasteiger partial charge in [-0.1, -0.05) is 98.8 Å². The predicted octanol–water partition coefficient (Wildman–Crippen LogP) is 7.15. The van der Waals surface area contributed by atoms with Crippen molar-refractivity contribution in [2.45, 2.75) is 32.4 Å². The second kappa shape index (κ2) is 11.9. The van der Waals surface area contributed by atoms with Crippen molar-refractivity contribution in [1.82, 2.24) is 14.4 Å². The van der Waals surface area contributed by atoms with E-state index in [-0.39, 0.29) is 17.7 Å². The van der Waals surface area contributed by atoms with Gasteiger partial charge >= 0.3 is 0 Å². The first-order valence-electron chi connectivity index (χ1n) is 16.1. The summed E-state index contributed by atoms with van der Waals surface area (Å²) in [7, 11) is 2.10. The lowest BCUT2D eigenvalue weighted by atomic mass is 9.91. The van der Waals surface area contributed by atoms with Gasteiger partial charge in [0.05, 0.1) is 11.7 Å². The Morgan fingerprint density at radius 1 is 0.778 bits per heavy atom. The quantitative estimate of drug-likeness (QED) is 0.200. The third kappa shape index (κ3) is 5.08. The Bertz CT molecular complexity index is 1840. The fourth-order valence-electron chi connectivity index (χ4n) is 7.41. The number of amides is 2. The van der Waals surface area contributed by atoms with Gasteiger partial charge in [-0.3, -0.25) is 9.59 Å². The lowest BCUT2D eigenvalue weighted by Crippen LogP contribution is -2.56. The summed E-state index contributed by atoms with van der Waals surface area (Å²) in [6, 6.07) is 36.2. The summed E-state index contributed by atoms with van der Waals surface area (Å²) in [5.74, 6) is 0.205. The molecule has 6 heteroatoms. The van der Waals surface area contributed by atoms with Crippen molar-refractivity contribution in [3.05, 3.63) is 126 Å². The Morgan fingerprint density at radius 2 is 1.40 bits per heavy atom. The van der Waals surface area contributed by atoms with Crippen molar-refractivity contribution < 1.29 is 9.59 Å². The van der Waals surface area contributed by atoms with Crippen molar-refractivity contribution in [3.63, 3.8) is 0 Å². The Morgan fingerprint density at radius 3 is 2.11 bits per heavy atom. The van der Waals surface area contributed by atoms with E-state index in [9.17, 15) is 9.59 Å². The zero-order valence-corrected chi connectivity index (χ0v) is 26.3. The van der Waals surface area contributed by atoms with Gasteiger partial charge in [0.25, 0.3) is 5.91 Å². The molecule has 5 aromatic rings. The molecular weight excluding hydrogens is 556 g/mol. The zero-order valence-electron chi connectivity index (χ0n) is 26.3. The molecular formula is C39H40N4O2. The molecule has 2 aliphatic heterocycles. The third-order valence-corrected chi connectivity index (χ3v) is 9.49. The van der Waals surface area contributed by atoms with Crippen molar-refractivity contribution in [1.29, 1.82) is 0 Å². The molecule has 0 saturated carbocycles. The van der Waals surface area contributed by atoms with Gasteiger partial charge in [-0.25, -0.2) is 0 Å². The summed E-state index contributed by atoms with van der Waals surface area (Å²) in [6.45, 7) is 7.08. The maximum Gasteiger partial charge on any atom is 0.255 e. The van der Waals surface area contributed by atoms with E-state index in [1.807, 2.05) is 40.1 Å². The first kappa shape index (κ1) is 28.9. The van der Waals surface area contributed by atoms with E-state index in [2.05, 4.69) is 109 Å². The normalized spacial score (nSPS) is 17.3. The molecule has 2 aliphatic rings. The number of aromatic nitrogens is 1. The van der Waals surface area contributed by atoms with Gasteiger partial charge in [-0.15, -0.1) is 0 Å². The fraction of sp³-hybridized carbons (Fsp3) is 0.282. The number of hydrogen-bond acceptors (Lipinski definition) is 3. The van der Waals surface area contributed by atoms with Crippen LogP contribution >= 0.6 is 0 Å². The number of hydrogen-bond donors (Lipinski definition) is 0. The maximum absolute atomic E-state index is 14.7. The molecule has 6 nitrogen and oxygen atoms in total. The van der Waals surface area contributed by atoms with Crippen molar-refractivity contribution in [2.75, 3.05) is 31.1 Å². The number of fused-ring (bicyclic) bond motifs is 2. The molecule has 45 heavy (non-hydrogen) atoms. The highest BCUT2D eigenvalue weighted by Crippen LogP contribution is 2.48. The Labute approximate surface area is 265 Å². The molecule has 2 atom stereocenters. The fourth-order valence-corrected chi connectivity index (χ4v) is 7.41. The highest BCUT2D eigenvalue weighted by Gasteiger charge is 2.47. The lowest BCUT2D eigenvalue weighted by Gasteiger charge is -2.41. The molecule has 0 bridgehead atoms. The molecule has 4 aromatic carbocycles. The highest BCUT2D eigenvalue weighted by atomic mass is 16.2. The Kier molecular flexibility index (Phi) is 7.66. The van der Waals surface area contributed by atoms with E-state index in [0.717, 1.165) is 46.4 Å². The van der Waals surface area contributed by atoms with E-state index in [1.165, 1.54) is 5.69 Å². The molecule has 1 saturated heterocycles. The highest BCUT2D eigenvalue weighted by molar-refractivity contribution is 6.04. The van der Waals surface area contributed by atoms with Gasteiger partial charge in [0.15, 0.2) is 0 Å². The number of benzene rings is 4. The minimum atomic E-state index is -0.583. The first-order chi connectivity index (χ1) is 21.9. The molecule has 0 aliphatic carbocycles. The topological polar surface area (TPSA) is 48.8 Å². The molecule has 228 valence electrons. The van der Waals surface area contributed by atoms with Crippen LogP contribution < -0.4 is 4.90 Å². The number of rotatable bonds is 7. The van der Waals surface area contributed by atoms with Crippen molar-refractivity contribution in [2.24, 2.45) is 13.0 Å². The smallest absolute Gasteiger partial charge is 0.255 e. The van der Waals surface area contributed by atoms with Gasteiger partial charge < -0.3 is 19.3 Å². The molecule has 2 amide bonds. The monoisotopic (exact) mass is 596 g/mol. The number of carbonyl (C=O) groups excluding carboxylic acids is 2. The van der Waals surface area contributed by atoms with Gasteiger partial charge in [0, 0.05) is 60.9 Å². The molecule has 1 aromatic heterocycles. The summed E-state index contributed by atoms with van der Waals surface area (Å²) < 4.78 is 2.24. The van der Waals surface area contributed by atoms with Crippen LogP contribution in [0.15, 0.2) is 109 Å². The van der Waals surface area contributed by atoms with Gasteiger partial charge in [-0.05, 0) is 47.7 Å². The maximum atomic E-state index is 14.7. The Hall–Kier alpha value is -4.84. The minimum Gasteiger partial charge on any atom is -0.368 e. The zero-order chi connectivity index (χ0) is 31.1. The van der Waals surface area contributed by atoms with E-state index in [4.69, 9.17) is 0 Å². The van der Waals surface area contributed by atoms with Gasteiger partial charge in [0.1, 0.15) is 6.04 Å². The lowest BCUT2D eigenvalue weighted by molar-refractivity contribution is -0.137. The van der Waals surface area contributed by atoms with E-state index in [1.54, 1.807) is 0 Å². The number of aryl methyl sites for hydroxylation is 1. The molecule has 7 rings (SSSR count). The van der Waals surface area contributed by atoms with E-state index < -0.39 is 12.1 Å². The standard InChI is InChI=1S/C39H40N4O2/c1-27(2)26-34(39(45)42-24-22-41(23-25-42)29-16-8-5-9-17-29)43-37(30-18-10-11-19-31(30)38(43)44)35-32-20-12-13-21-33(32)40(3)36(35)28-14-6-4-7-15-28/h4-21,27,34,37H,22-26H2,1-3H3. The largest absolute Gasteiger partial charge is 0.368 e. The average Bonchev–Trinajstić information content (AvgIpc) is 3.54. The van der Waals surface area contributed by atoms with Crippen LogP contribution in [0.3, 0.4) is 0 Å². The van der Waals surface area contributed by atoms with Crippen LogP contribution in [0.1, 0.15) is 47.8 Å². The second-order valence-electron chi connectivity index (χ2n) is 12.7. The van der Waals surface area contributed by atoms with E-state index in [0.29, 0.717) is 25.1 Å². The third-order valence-electron chi connectivity index (χ3n) is 9.49. The van der Waals surface area contributed by atoms with Gasteiger partial charge in [0.2, 0.25) is 5.91 Å². The van der Waals surface area contributed by atoms with Crippen LogP contribution in [0.2, 0.25) is 0 Å². The summed E-state index contributed by atoms with van der Waals surface area (Å²) in [5, 5.41) is 1.10. The van der Waals surface area contributed by atoms with Crippen LogP contribution in [0.25, 0.3) is 22.2 Å². The molecule has 0 spiro atoms. The summed E-state index contributed by atoms with van der Waals surface area (Å²) in [4.78, 5) is 35.5. The molecule has 0 N–H and O–H groups in total. The summed E-state index contributed by atoms with van der Waals surface area (Å²) in [5.41, 5.74) is 7.17. The van der Waals surface area contributed by atoms with Crippen LogP contribution in [-0.2, 0) is 11.8 Å². The molecule has 0 radical (unpaired) electrons. The first-order valence-corrected chi connectivity index (χ1v) is 16.1. The van der Waals surface area contributed by atoms with E-state index >= 15 is 0 Å². The van der Waals surface area contributed by atoms with Crippen molar-refractivity contribution in [3.8, 4) is 11.3 Å². The molecule has 1 fully saturated rings. The minimum absolute atomic E-state index is 0.0454. The number of para-hydroxylation sites is 2. The van der Waals surface area contributed by atoms with Crippen molar-refractivity contribution >= 4 is 28.4 Å². The number of carbonyl (C=O) groups is 2. The molecule has 2 unspecified atom stereocenters. The van der Waals surface area contributed by atoms with Crippen LogP contribution in [0.4, 0.5) is 5.69 Å². The second-order valence-corrected chi connectivity index (χ2v) is 12.7. The SMILES string of the molecule is CC(C)CC(C(=O)N1CCN(c2ccccc2)CC1)N1C(=O)c2ccccc2C1c1c(-c2ccccc2)n(C)c2ccccc12.